The molecule has 4 rings (SSSR count). The summed E-state index contributed by atoms with van der Waals surface area (Å²) in [6.07, 6.45) is 0. The number of benzene rings is 2. The lowest BCUT2D eigenvalue weighted by atomic mass is 9.81. The van der Waals surface area contributed by atoms with E-state index < -0.39 is 0 Å². The third-order valence-corrected chi connectivity index (χ3v) is 6.03. The minimum absolute atomic E-state index is 0.182. The molecule has 0 aliphatic heterocycles. The largest absolute Gasteiger partial charge is 0.250 e. The van der Waals surface area contributed by atoms with Gasteiger partial charge in [-0.05, 0) is 35.4 Å². The van der Waals surface area contributed by atoms with Gasteiger partial charge in [0, 0.05) is 10.8 Å². The third-order valence-electron chi connectivity index (χ3n) is 6.03. The Bertz CT molecular complexity index is 1040. The van der Waals surface area contributed by atoms with Crippen molar-refractivity contribution in [3.63, 3.8) is 0 Å². The number of hydrogen-bond acceptors (Lipinski definition) is 2. The van der Waals surface area contributed by atoms with E-state index >= 15 is 0 Å². The number of pyridine rings is 2. The van der Waals surface area contributed by atoms with Gasteiger partial charge in [0.15, 0.2) is 0 Å². The topological polar surface area (TPSA) is 25.8 Å². The zero-order valence-electron chi connectivity index (χ0n) is 18.1. The average molecular weight is 393 g/mol. The molecule has 0 N–H and O–H groups in total. The van der Waals surface area contributed by atoms with Gasteiger partial charge in [0.2, 0.25) is 0 Å². The van der Waals surface area contributed by atoms with E-state index in [0.29, 0.717) is 0 Å². The summed E-state index contributed by atoms with van der Waals surface area (Å²) in [4.78, 5) is 10.0. The Labute approximate surface area is 179 Å². The average Bonchev–Trinajstić information content (AvgIpc) is 2.80. The van der Waals surface area contributed by atoms with Crippen molar-refractivity contribution < 1.29 is 0 Å². The molecule has 0 unspecified atom stereocenters. The number of nitrogens with zero attached hydrogens (tertiary/aromatic N) is 2. The van der Waals surface area contributed by atoms with E-state index in [9.17, 15) is 0 Å². The van der Waals surface area contributed by atoms with E-state index in [1.807, 2.05) is 24.3 Å². The van der Waals surface area contributed by atoms with Crippen molar-refractivity contribution in [2.75, 3.05) is 0 Å². The van der Waals surface area contributed by atoms with Gasteiger partial charge in [-0.25, -0.2) is 0 Å². The third kappa shape index (κ3) is 3.78. The van der Waals surface area contributed by atoms with Crippen LogP contribution in [0.3, 0.4) is 0 Å². The summed E-state index contributed by atoms with van der Waals surface area (Å²) < 4.78 is 0. The lowest BCUT2D eigenvalue weighted by Gasteiger charge is -2.26. The van der Waals surface area contributed by atoms with Gasteiger partial charge in [0.05, 0.1) is 22.8 Å². The predicted molar refractivity (Wildman–Crippen MR) is 125 cm³/mol. The molecule has 0 aliphatic rings. The molecule has 2 heterocycles. The fourth-order valence-electron chi connectivity index (χ4n) is 3.86. The Morgan fingerprint density at radius 3 is 1.17 bits per heavy atom. The van der Waals surface area contributed by atoms with Crippen molar-refractivity contribution in [2.24, 2.45) is 0 Å². The van der Waals surface area contributed by atoms with Gasteiger partial charge < -0.3 is 0 Å². The lowest BCUT2D eigenvalue weighted by molar-refractivity contribution is 0.614. The van der Waals surface area contributed by atoms with Crippen LogP contribution in [0.25, 0.3) is 11.4 Å². The van der Waals surface area contributed by atoms with Gasteiger partial charge in [-0.15, -0.1) is 0 Å². The zero-order valence-corrected chi connectivity index (χ0v) is 18.1. The molecule has 0 spiro atoms. The summed E-state index contributed by atoms with van der Waals surface area (Å²) in [7, 11) is 0. The normalized spacial score (nSPS) is 12.0. The van der Waals surface area contributed by atoms with Gasteiger partial charge in [0.1, 0.15) is 0 Å². The Balaban J connectivity index is 1.73. The lowest BCUT2D eigenvalue weighted by Crippen LogP contribution is -2.21. The standard InChI is InChI=1S/C28H28N2/c1-27(2,21-13-7-5-8-14-21)25-19-11-17-23(29-25)24-18-12-20-26(30-24)28(3,4)22-15-9-6-10-16-22/h5-20H,1-4H3. The van der Waals surface area contributed by atoms with Gasteiger partial charge in [-0.1, -0.05) is 100 Å². The molecule has 30 heavy (non-hydrogen) atoms. The summed E-state index contributed by atoms with van der Waals surface area (Å²) in [6, 6.07) is 33.5. The van der Waals surface area contributed by atoms with Crippen LogP contribution < -0.4 is 0 Å². The van der Waals surface area contributed by atoms with Crippen LogP contribution in [0.15, 0.2) is 97.1 Å². The highest BCUT2D eigenvalue weighted by atomic mass is 14.8. The minimum Gasteiger partial charge on any atom is -0.250 e. The van der Waals surface area contributed by atoms with Crippen LogP contribution in [0.5, 0.6) is 0 Å². The molecule has 0 aliphatic carbocycles. The van der Waals surface area contributed by atoms with Crippen molar-refractivity contribution in [1.29, 1.82) is 0 Å². The summed E-state index contributed by atoms with van der Waals surface area (Å²) in [6.45, 7) is 8.88. The molecular formula is C28H28N2. The predicted octanol–water partition coefficient (Wildman–Crippen LogP) is 6.80. The highest BCUT2D eigenvalue weighted by Crippen LogP contribution is 2.33. The quantitative estimate of drug-likeness (QED) is 0.373. The maximum atomic E-state index is 5.02. The van der Waals surface area contributed by atoms with Crippen molar-refractivity contribution in [3.05, 3.63) is 120 Å². The molecule has 0 fully saturated rings. The summed E-state index contributed by atoms with van der Waals surface area (Å²) in [5, 5.41) is 0. The first-order valence-electron chi connectivity index (χ1n) is 10.5. The van der Waals surface area contributed by atoms with Gasteiger partial charge in [-0.2, -0.15) is 0 Å². The Kier molecular flexibility index (Phi) is 5.26. The van der Waals surface area contributed by atoms with Crippen LogP contribution >= 0.6 is 0 Å². The molecule has 2 nitrogen and oxygen atoms in total. The number of rotatable bonds is 5. The molecule has 150 valence electrons. The van der Waals surface area contributed by atoms with E-state index in [0.717, 1.165) is 22.8 Å². The molecule has 2 aromatic carbocycles. The van der Waals surface area contributed by atoms with Crippen LogP contribution in [-0.4, -0.2) is 9.97 Å². The maximum Gasteiger partial charge on any atom is 0.0889 e. The molecule has 0 atom stereocenters. The Hall–Kier alpha value is -3.26. The van der Waals surface area contributed by atoms with Crippen molar-refractivity contribution >= 4 is 0 Å². The number of aromatic nitrogens is 2. The van der Waals surface area contributed by atoms with Gasteiger partial charge in [0.25, 0.3) is 0 Å². The smallest absolute Gasteiger partial charge is 0.0889 e. The van der Waals surface area contributed by atoms with Crippen molar-refractivity contribution in [1.82, 2.24) is 9.97 Å². The van der Waals surface area contributed by atoms with Crippen LogP contribution in [-0.2, 0) is 10.8 Å². The van der Waals surface area contributed by atoms with Crippen molar-refractivity contribution in [2.45, 2.75) is 38.5 Å². The number of hydrogen-bond donors (Lipinski definition) is 0. The van der Waals surface area contributed by atoms with E-state index in [1.165, 1.54) is 11.1 Å². The molecule has 0 saturated carbocycles. The van der Waals surface area contributed by atoms with E-state index in [4.69, 9.17) is 9.97 Å². The first-order valence-corrected chi connectivity index (χ1v) is 10.5. The first-order chi connectivity index (χ1) is 14.4. The molecule has 2 aromatic heterocycles. The SMILES string of the molecule is CC(C)(c1ccccc1)c1cccc(-c2cccc(C(C)(C)c3ccccc3)n2)n1. The minimum atomic E-state index is -0.182. The second kappa shape index (κ2) is 7.87. The second-order valence-electron chi connectivity index (χ2n) is 8.80. The zero-order chi connectivity index (χ0) is 21.2. The van der Waals surface area contributed by atoms with Crippen LogP contribution in [0, 0.1) is 0 Å². The Morgan fingerprint density at radius 1 is 0.433 bits per heavy atom. The van der Waals surface area contributed by atoms with E-state index in [1.54, 1.807) is 0 Å². The highest BCUT2D eigenvalue weighted by molar-refractivity contribution is 5.56. The fourth-order valence-corrected chi connectivity index (χ4v) is 3.86. The molecule has 4 aromatic rings. The molecule has 0 amide bonds. The summed E-state index contributed by atoms with van der Waals surface area (Å²) >= 11 is 0. The first kappa shape index (κ1) is 20.0. The van der Waals surface area contributed by atoms with E-state index in [2.05, 4.69) is 100 Å². The second-order valence-corrected chi connectivity index (χ2v) is 8.80. The maximum absolute atomic E-state index is 5.02. The molecular weight excluding hydrogens is 364 g/mol. The van der Waals surface area contributed by atoms with Crippen LogP contribution in [0.1, 0.15) is 50.2 Å². The van der Waals surface area contributed by atoms with Crippen molar-refractivity contribution in [3.8, 4) is 11.4 Å². The Morgan fingerprint density at radius 2 is 0.800 bits per heavy atom. The summed E-state index contributed by atoms with van der Waals surface area (Å²) in [5.74, 6) is 0. The van der Waals surface area contributed by atoms with Gasteiger partial charge in [-0.3, -0.25) is 9.97 Å². The molecule has 0 radical (unpaired) electrons. The monoisotopic (exact) mass is 392 g/mol. The summed E-state index contributed by atoms with van der Waals surface area (Å²) in [5.41, 5.74) is 6.03. The van der Waals surface area contributed by atoms with Crippen LogP contribution in [0.2, 0.25) is 0 Å². The fraction of sp³-hybridized carbons (Fsp3) is 0.214. The molecule has 2 heteroatoms. The van der Waals surface area contributed by atoms with E-state index in [-0.39, 0.29) is 10.8 Å². The molecule has 0 saturated heterocycles. The highest BCUT2D eigenvalue weighted by Gasteiger charge is 2.26. The van der Waals surface area contributed by atoms with Gasteiger partial charge >= 0.3 is 0 Å². The molecule has 0 bridgehead atoms. The van der Waals surface area contributed by atoms with Crippen LogP contribution in [0.4, 0.5) is 0 Å².